The molecular formula is C35H39Cl3N4O4. The predicted octanol–water partition coefficient (Wildman–Crippen LogP) is 10.3. The van der Waals surface area contributed by atoms with Gasteiger partial charge in [-0.05, 0) is 59.6 Å². The number of hydrogen-bond donors (Lipinski definition) is 1. The van der Waals surface area contributed by atoms with Gasteiger partial charge in [-0.3, -0.25) is 9.89 Å². The summed E-state index contributed by atoms with van der Waals surface area (Å²) in [4.78, 5) is 21.1. The summed E-state index contributed by atoms with van der Waals surface area (Å²) >= 11 is 18.5. The Balaban J connectivity index is 1.39. The molecule has 8 nitrogen and oxygen atoms in total. The van der Waals surface area contributed by atoms with E-state index in [1.165, 1.54) is 41.2 Å². The number of rotatable bonds is 13. The Bertz CT molecular complexity index is 1770. The average molecular weight is 686 g/mol. The Morgan fingerprint density at radius 2 is 1.59 bits per heavy atom. The van der Waals surface area contributed by atoms with Crippen molar-refractivity contribution in [2.45, 2.75) is 78.4 Å². The molecule has 0 aliphatic heterocycles. The topological polar surface area (TPSA) is 90.2 Å². The first-order valence-electron chi connectivity index (χ1n) is 15.0. The third-order valence-electron chi connectivity index (χ3n) is 8.12. The Morgan fingerprint density at radius 3 is 2.26 bits per heavy atom. The number of aliphatic imine (C=N–C) groups is 2. The predicted molar refractivity (Wildman–Crippen MR) is 189 cm³/mol. The molecule has 3 aromatic carbocycles. The molecule has 46 heavy (non-hydrogen) atoms. The van der Waals surface area contributed by atoms with Crippen molar-refractivity contribution in [1.29, 1.82) is 0 Å². The van der Waals surface area contributed by atoms with Gasteiger partial charge in [0, 0.05) is 29.6 Å². The van der Waals surface area contributed by atoms with E-state index < -0.39 is 11.8 Å². The van der Waals surface area contributed by atoms with Crippen molar-refractivity contribution in [3.8, 4) is 17.2 Å². The van der Waals surface area contributed by atoms with Crippen LogP contribution in [0.5, 0.6) is 11.5 Å². The van der Waals surface area contributed by atoms with E-state index in [1.807, 2.05) is 19.1 Å². The second-order valence-electron chi connectivity index (χ2n) is 12.1. The molecule has 4 aromatic rings. The summed E-state index contributed by atoms with van der Waals surface area (Å²) in [6, 6.07) is 17.8. The zero-order valence-corrected chi connectivity index (χ0v) is 29.3. The van der Waals surface area contributed by atoms with Gasteiger partial charge in [0.05, 0.1) is 15.7 Å². The first kappa shape index (κ1) is 35.1. The largest absolute Gasteiger partial charge is 0.455 e. The molecule has 0 saturated heterocycles. The Morgan fingerprint density at radius 1 is 0.891 bits per heavy atom. The fourth-order valence-corrected chi connectivity index (χ4v) is 5.49. The maximum atomic E-state index is 12.5. The highest BCUT2D eigenvalue weighted by Gasteiger charge is 2.27. The van der Waals surface area contributed by atoms with Crippen LogP contribution in [0.2, 0.25) is 15.1 Å². The van der Waals surface area contributed by atoms with Gasteiger partial charge >= 0.3 is 0 Å². The summed E-state index contributed by atoms with van der Waals surface area (Å²) in [6.45, 7) is 15.2. The molecule has 0 aliphatic rings. The standard InChI is InChI=1S/C35H39Cl3N4O4/c1-8-34(4,5)23-13-14-30(27(15-23)35(6,7)9-2)46-22(3)44-20-39-25-11-10-12-26(18-25)45-21-40-31-19-32(43)42(41-31)33-28(37)16-24(36)17-29(33)38/h10-22,41H,8-9H2,1-7H3. The number of ether oxygens (including phenoxy) is 3. The maximum Gasteiger partial charge on any atom is 0.273 e. The van der Waals surface area contributed by atoms with Crippen molar-refractivity contribution in [1.82, 2.24) is 9.78 Å². The van der Waals surface area contributed by atoms with Crippen LogP contribution in [0.1, 0.15) is 72.4 Å². The smallest absolute Gasteiger partial charge is 0.273 e. The van der Waals surface area contributed by atoms with Crippen LogP contribution in [-0.2, 0) is 15.6 Å². The SMILES string of the molecule is CCC(C)(C)c1ccc(OC(C)OC=Nc2cccc(OC=Nc3cc(=O)n(-c4c(Cl)cc(Cl)cc4Cl)[nH]3)c2)c(C(C)(C)CC)c1. The van der Waals surface area contributed by atoms with Crippen molar-refractivity contribution < 1.29 is 14.2 Å². The van der Waals surface area contributed by atoms with E-state index in [0.29, 0.717) is 16.5 Å². The summed E-state index contributed by atoms with van der Waals surface area (Å²) in [6.07, 6.45) is 4.01. The summed E-state index contributed by atoms with van der Waals surface area (Å²) in [5.74, 6) is 1.52. The van der Waals surface area contributed by atoms with Gasteiger partial charge in [-0.15, -0.1) is 0 Å². The summed E-state index contributed by atoms with van der Waals surface area (Å²) in [5, 5.41) is 3.62. The number of nitrogens with zero attached hydrogens (tertiary/aromatic N) is 3. The zero-order valence-electron chi connectivity index (χ0n) is 27.0. The van der Waals surface area contributed by atoms with E-state index in [0.717, 1.165) is 24.2 Å². The number of aromatic nitrogens is 2. The van der Waals surface area contributed by atoms with E-state index in [1.54, 1.807) is 18.2 Å². The first-order valence-corrected chi connectivity index (χ1v) is 16.1. The molecule has 1 unspecified atom stereocenters. The minimum Gasteiger partial charge on any atom is -0.455 e. The molecule has 1 atom stereocenters. The molecule has 0 aliphatic carbocycles. The average Bonchev–Trinajstić information content (AvgIpc) is 3.36. The number of nitrogens with one attached hydrogen (secondary N) is 1. The zero-order chi connectivity index (χ0) is 33.6. The molecule has 0 bridgehead atoms. The molecule has 1 heterocycles. The Hall–Kier alpha value is -3.72. The second kappa shape index (κ2) is 14.8. The molecule has 4 rings (SSSR count). The molecule has 0 saturated carbocycles. The summed E-state index contributed by atoms with van der Waals surface area (Å²) in [5.41, 5.74) is 2.92. The highest BCUT2D eigenvalue weighted by atomic mass is 35.5. The fourth-order valence-electron chi connectivity index (χ4n) is 4.51. The Kier molecular flexibility index (Phi) is 11.3. The lowest BCUT2D eigenvalue weighted by molar-refractivity contribution is 0.0162. The van der Waals surface area contributed by atoms with Gasteiger partial charge in [0.25, 0.3) is 5.56 Å². The van der Waals surface area contributed by atoms with Crippen molar-refractivity contribution >= 4 is 59.1 Å². The molecule has 1 aromatic heterocycles. The molecule has 0 fully saturated rings. The second-order valence-corrected chi connectivity index (χ2v) is 13.4. The van der Waals surface area contributed by atoms with Gasteiger partial charge in [0.15, 0.2) is 18.6 Å². The lowest BCUT2D eigenvalue weighted by Gasteiger charge is -2.31. The van der Waals surface area contributed by atoms with Crippen LogP contribution in [-0.4, -0.2) is 28.9 Å². The molecule has 1 N–H and O–H groups in total. The minimum atomic E-state index is -0.571. The Labute approximate surface area is 285 Å². The van der Waals surface area contributed by atoms with E-state index in [-0.39, 0.29) is 32.4 Å². The lowest BCUT2D eigenvalue weighted by Crippen LogP contribution is -2.23. The molecular weight excluding hydrogens is 647 g/mol. The van der Waals surface area contributed by atoms with Crippen LogP contribution < -0.4 is 15.0 Å². The highest BCUT2D eigenvalue weighted by molar-refractivity contribution is 6.40. The molecule has 11 heteroatoms. The van der Waals surface area contributed by atoms with Crippen molar-refractivity contribution in [2.24, 2.45) is 9.98 Å². The minimum absolute atomic E-state index is 0.0653. The normalized spacial score (nSPS) is 13.0. The number of H-pyrrole nitrogens is 1. The van der Waals surface area contributed by atoms with Gasteiger partial charge in [-0.1, -0.05) is 94.5 Å². The van der Waals surface area contributed by atoms with Crippen molar-refractivity contribution in [3.63, 3.8) is 0 Å². The van der Waals surface area contributed by atoms with Gasteiger partial charge in [-0.25, -0.2) is 14.7 Å². The quantitative estimate of drug-likeness (QED) is 0.0861. The summed E-state index contributed by atoms with van der Waals surface area (Å²) < 4.78 is 18.8. The van der Waals surface area contributed by atoms with Crippen molar-refractivity contribution in [2.75, 3.05) is 0 Å². The van der Waals surface area contributed by atoms with Gasteiger partial charge in [0.1, 0.15) is 17.2 Å². The molecule has 244 valence electrons. The molecule has 0 amide bonds. The van der Waals surface area contributed by atoms with Crippen molar-refractivity contribution in [3.05, 3.63) is 97.2 Å². The number of halogens is 3. The van der Waals surface area contributed by atoms with Crippen LogP contribution >= 0.6 is 34.8 Å². The first-order chi connectivity index (χ1) is 21.7. The highest BCUT2D eigenvalue weighted by Crippen LogP contribution is 2.39. The third-order valence-corrected chi connectivity index (χ3v) is 8.91. The molecule has 0 radical (unpaired) electrons. The third kappa shape index (κ3) is 8.55. The van der Waals surface area contributed by atoms with Crippen LogP contribution in [0.25, 0.3) is 5.69 Å². The number of aromatic amines is 1. The van der Waals surface area contributed by atoms with E-state index in [2.05, 4.69) is 68.8 Å². The maximum absolute atomic E-state index is 12.5. The van der Waals surface area contributed by atoms with Crippen LogP contribution in [0.4, 0.5) is 11.5 Å². The lowest BCUT2D eigenvalue weighted by atomic mass is 9.76. The molecule has 0 spiro atoms. The van der Waals surface area contributed by atoms with Gasteiger partial charge < -0.3 is 14.2 Å². The van der Waals surface area contributed by atoms with Crippen LogP contribution in [0.15, 0.2) is 75.4 Å². The summed E-state index contributed by atoms with van der Waals surface area (Å²) in [7, 11) is 0. The van der Waals surface area contributed by atoms with E-state index in [9.17, 15) is 4.79 Å². The van der Waals surface area contributed by atoms with Crippen LogP contribution in [0.3, 0.4) is 0 Å². The number of benzene rings is 3. The fraction of sp³-hybridized carbons (Fsp3) is 0.343. The number of hydrogen-bond acceptors (Lipinski definition) is 6. The van der Waals surface area contributed by atoms with Gasteiger partial charge in [-0.2, -0.15) is 0 Å². The van der Waals surface area contributed by atoms with E-state index in [4.69, 9.17) is 49.0 Å². The van der Waals surface area contributed by atoms with E-state index >= 15 is 0 Å². The monoisotopic (exact) mass is 684 g/mol. The van der Waals surface area contributed by atoms with Crippen LogP contribution in [0, 0.1) is 0 Å². The van der Waals surface area contributed by atoms with Gasteiger partial charge in [0.2, 0.25) is 6.29 Å².